The zero-order valence-electron chi connectivity index (χ0n) is 12.7. The molecule has 22 heavy (non-hydrogen) atoms. The molecule has 0 bridgehead atoms. The number of carboxylic acids is 1. The van der Waals surface area contributed by atoms with E-state index in [0.29, 0.717) is 12.5 Å². The van der Waals surface area contributed by atoms with Crippen LogP contribution in [0.15, 0.2) is 24.3 Å². The number of hydrogen-bond donors (Lipinski definition) is 1. The first kappa shape index (κ1) is 14.9. The van der Waals surface area contributed by atoms with Gasteiger partial charge in [0, 0.05) is 6.54 Å². The summed E-state index contributed by atoms with van der Waals surface area (Å²) in [5.41, 5.74) is 0.881. The molecular weight excluding hydrogens is 282 g/mol. The summed E-state index contributed by atoms with van der Waals surface area (Å²) in [5, 5.41) is 9.50. The number of carboxylic acid groups (broad SMARTS) is 1. The molecule has 2 aliphatic rings. The molecule has 1 aliphatic heterocycles. The maximum absolute atomic E-state index is 12.5. The molecule has 3 rings (SSSR count). The highest BCUT2D eigenvalue weighted by atomic mass is 16.5. The van der Waals surface area contributed by atoms with Crippen LogP contribution in [-0.4, -0.2) is 41.6 Å². The van der Waals surface area contributed by atoms with Crippen LogP contribution in [0, 0.1) is 11.8 Å². The Balaban J connectivity index is 1.72. The zero-order valence-corrected chi connectivity index (χ0v) is 12.7. The third kappa shape index (κ3) is 2.67. The Morgan fingerprint density at radius 3 is 2.64 bits per heavy atom. The van der Waals surface area contributed by atoms with Crippen molar-refractivity contribution in [1.82, 2.24) is 4.90 Å². The Morgan fingerprint density at radius 1 is 1.27 bits per heavy atom. The summed E-state index contributed by atoms with van der Waals surface area (Å²) in [6.45, 7) is 0.594. The van der Waals surface area contributed by atoms with Crippen molar-refractivity contribution in [2.24, 2.45) is 11.8 Å². The van der Waals surface area contributed by atoms with E-state index in [9.17, 15) is 14.7 Å². The van der Waals surface area contributed by atoms with E-state index in [1.807, 2.05) is 24.3 Å². The van der Waals surface area contributed by atoms with Gasteiger partial charge < -0.3 is 14.7 Å². The number of carbonyl (C=O) groups is 2. The van der Waals surface area contributed by atoms with Gasteiger partial charge in [-0.05, 0) is 42.4 Å². The van der Waals surface area contributed by atoms with Crippen molar-refractivity contribution in [3.63, 3.8) is 0 Å². The molecule has 1 N–H and O–H groups in total. The lowest BCUT2D eigenvalue weighted by Crippen LogP contribution is -2.43. The minimum absolute atomic E-state index is 0.0908. The monoisotopic (exact) mass is 303 g/mol. The number of nitrogens with zero attached hydrogens (tertiary/aromatic N) is 1. The molecule has 3 atom stereocenters. The number of fused-ring (bicyclic) bond motifs is 1. The lowest BCUT2D eigenvalue weighted by atomic mass is 9.94. The van der Waals surface area contributed by atoms with Crippen molar-refractivity contribution in [3.05, 3.63) is 29.8 Å². The predicted octanol–water partition coefficient (Wildman–Crippen LogP) is 1.95. The standard InChI is InChI=1S/C17H21NO4/c1-22-13-7-5-11(6-8-13)9-15(19)18-10-12-3-2-4-14(12)16(18)17(20)21/h5-8,12,14,16H,2-4,9-10H2,1H3,(H,20,21). The second-order valence-corrected chi connectivity index (χ2v) is 6.21. The first-order valence-corrected chi connectivity index (χ1v) is 7.75. The number of rotatable bonds is 4. The van der Waals surface area contributed by atoms with E-state index in [1.54, 1.807) is 12.0 Å². The van der Waals surface area contributed by atoms with Crippen LogP contribution in [0.2, 0.25) is 0 Å². The number of ether oxygens (including phenoxy) is 1. The molecule has 0 spiro atoms. The van der Waals surface area contributed by atoms with E-state index >= 15 is 0 Å². The van der Waals surface area contributed by atoms with Gasteiger partial charge in [0.1, 0.15) is 11.8 Å². The minimum Gasteiger partial charge on any atom is -0.497 e. The van der Waals surface area contributed by atoms with Crippen molar-refractivity contribution in [3.8, 4) is 5.75 Å². The second-order valence-electron chi connectivity index (χ2n) is 6.21. The number of methoxy groups -OCH3 is 1. The quantitative estimate of drug-likeness (QED) is 0.923. The van der Waals surface area contributed by atoms with Crippen LogP contribution in [0.4, 0.5) is 0 Å². The Labute approximate surface area is 129 Å². The van der Waals surface area contributed by atoms with Gasteiger partial charge in [0.15, 0.2) is 0 Å². The highest BCUT2D eigenvalue weighted by Crippen LogP contribution is 2.42. The molecule has 0 radical (unpaired) electrons. The fraction of sp³-hybridized carbons (Fsp3) is 0.529. The van der Waals surface area contributed by atoms with E-state index in [0.717, 1.165) is 30.6 Å². The van der Waals surface area contributed by atoms with E-state index in [2.05, 4.69) is 0 Å². The van der Waals surface area contributed by atoms with E-state index in [1.165, 1.54) is 0 Å². The van der Waals surface area contributed by atoms with Crippen LogP contribution in [0.5, 0.6) is 5.75 Å². The topological polar surface area (TPSA) is 66.8 Å². The first-order chi connectivity index (χ1) is 10.6. The van der Waals surface area contributed by atoms with Crippen LogP contribution >= 0.6 is 0 Å². The van der Waals surface area contributed by atoms with Crippen LogP contribution in [-0.2, 0) is 16.0 Å². The number of amides is 1. The van der Waals surface area contributed by atoms with Gasteiger partial charge in [0.05, 0.1) is 13.5 Å². The fourth-order valence-corrected chi connectivity index (χ4v) is 3.90. The van der Waals surface area contributed by atoms with Gasteiger partial charge in [-0.1, -0.05) is 18.6 Å². The Morgan fingerprint density at radius 2 is 2.00 bits per heavy atom. The third-order valence-corrected chi connectivity index (χ3v) is 4.98. The molecular formula is C17H21NO4. The van der Waals surface area contributed by atoms with E-state index in [4.69, 9.17) is 4.74 Å². The molecule has 5 heteroatoms. The van der Waals surface area contributed by atoms with Gasteiger partial charge in [-0.25, -0.2) is 4.79 Å². The van der Waals surface area contributed by atoms with E-state index in [-0.39, 0.29) is 18.2 Å². The summed E-state index contributed by atoms with van der Waals surface area (Å²) in [4.78, 5) is 25.7. The number of carbonyl (C=O) groups excluding carboxylic acids is 1. The smallest absolute Gasteiger partial charge is 0.326 e. The van der Waals surface area contributed by atoms with Crippen molar-refractivity contribution in [1.29, 1.82) is 0 Å². The van der Waals surface area contributed by atoms with Crippen molar-refractivity contribution in [2.45, 2.75) is 31.7 Å². The summed E-state index contributed by atoms with van der Waals surface area (Å²) >= 11 is 0. The van der Waals surface area contributed by atoms with Gasteiger partial charge in [-0.2, -0.15) is 0 Å². The molecule has 5 nitrogen and oxygen atoms in total. The van der Waals surface area contributed by atoms with Crippen LogP contribution in [0.1, 0.15) is 24.8 Å². The first-order valence-electron chi connectivity index (χ1n) is 7.75. The lowest BCUT2D eigenvalue weighted by molar-refractivity contribution is -0.149. The molecule has 1 saturated heterocycles. The zero-order chi connectivity index (χ0) is 15.7. The predicted molar refractivity (Wildman–Crippen MR) is 80.7 cm³/mol. The van der Waals surface area contributed by atoms with Crippen LogP contribution in [0.3, 0.4) is 0 Å². The Bertz CT molecular complexity index is 569. The van der Waals surface area contributed by atoms with Crippen molar-refractivity contribution in [2.75, 3.05) is 13.7 Å². The summed E-state index contributed by atoms with van der Waals surface area (Å²) in [6, 6.07) is 6.69. The van der Waals surface area contributed by atoms with Crippen LogP contribution in [0.25, 0.3) is 0 Å². The second kappa shape index (κ2) is 5.99. The van der Waals surface area contributed by atoms with Crippen molar-refractivity contribution >= 4 is 11.9 Å². The minimum atomic E-state index is -0.863. The molecule has 1 heterocycles. The highest BCUT2D eigenvalue weighted by Gasteiger charge is 2.49. The van der Waals surface area contributed by atoms with Crippen molar-refractivity contribution < 1.29 is 19.4 Å². The largest absolute Gasteiger partial charge is 0.497 e. The molecule has 3 unspecified atom stereocenters. The van der Waals surface area contributed by atoms with Gasteiger partial charge in [-0.15, -0.1) is 0 Å². The Hall–Kier alpha value is -2.04. The van der Waals surface area contributed by atoms with Crippen LogP contribution < -0.4 is 4.74 Å². The molecule has 1 aromatic rings. The molecule has 0 aromatic heterocycles. The fourth-order valence-electron chi connectivity index (χ4n) is 3.90. The van der Waals surface area contributed by atoms with Gasteiger partial charge in [0.2, 0.25) is 5.91 Å². The average molecular weight is 303 g/mol. The molecule has 1 aromatic carbocycles. The molecule has 2 fully saturated rings. The molecule has 118 valence electrons. The summed E-state index contributed by atoms with van der Waals surface area (Å²) in [6.07, 6.45) is 3.29. The summed E-state index contributed by atoms with van der Waals surface area (Å²) < 4.78 is 5.10. The maximum atomic E-state index is 12.5. The summed E-state index contributed by atoms with van der Waals surface area (Å²) in [5.74, 6) is 0.290. The highest BCUT2D eigenvalue weighted by molar-refractivity contribution is 5.86. The maximum Gasteiger partial charge on any atom is 0.326 e. The number of benzene rings is 1. The number of hydrogen-bond acceptors (Lipinski definition) is 3. The molecule has 1 aliphatic carbocycles. The third-order valence-electron chi connectivity index (χ3n) is 4.98. The lowest BCUT2D eigenvalue weighted by Gasteiger charge is -2.24. The Kier molecular flexibility index (Phi) is 4.05. The summed E-state index contributed by atoms with van der Waals surface area (Å²) in [7, 11) is 1.60. The number of likely N-dealkylation sites (tertiary alicyclic amines) is 1. The van der Waals surface area contributed by atoms with Gasteiger partial charge in [0.25, 0.3) is 0 Å². The van der Waals surface area contributed by atoms with Gasteiger partial charge in [-0.3, -0.25) is 4.79 Å². The average Bonchev–Trinajstić information content (AvgIpc) is 3.07. The normalized spacial score (nSPS) is 26.8. The SMILES string of the molecule is COc1ccc(CC(=O)N2CC3CCCC3C2C(=O)O)cc1. The molecule has 1 saturated carbocycles. The molecule has 1 amide bonds. The number of aliphatic carboxylic acids is 1. The van der Waals surface area contributed by atoms with E-state index < -0.39 is 12.0 Å². The van der Waals surface area contributed by atoms with Gasteiger partial charge >= 0.3 is 5.97 Å².